The van der Waals surface area contributed by atoms with E-state index in [-0.39, 0.29) is 30.9 Å². The molecule has 0 bridgehead atoms. The van der Waals surface area contributed by atoms with E-state index in [1.165, 1.54) is 44.8 Å². The monoisotopic (exact) mass is 756 g/mol. The van der Waals surface area contributed by atoms with Crippen LogP contribution in [0.15, 0.2) is 113 Å². The first-order valence-corrected chi connectivity index (χ1v) is 15.4. The van der Waals surface area contributed by atoms with Crippen molar-refractivity contribution in [1.82, 2.24) is 9.55 Å². The number of para-hydroxylation sites is 2. The fourth-order valence-electron chi connectivity index (χ4n) is 6.05. The first kappa shape index (κ1) is 29.6. The zero-order chi connectivity index (χ0) is 28.9. The van der Waals surface area contributed by atoms with E-state index in [0.29, 0.717) is 0 Å². The van der Waals surface area contributed by atoms with Gasteiger partial charge in [-0.25, -0.2) is 0 Å². The van der Waals surface area contributed by atoms with Gasteiger partial charge in [0.15, 0.2) is 0 Å². The minimum absolute atomic E-state index is 0. The summed E-state index contributed by atoms with van der Waals surface area (Å²) in [6, 6.07) is 40.2. The summed E-state index contributed by atoms with van der Waals surface area (Å²) in [5, 5.41) is 0. The van der Waals surface area contributed by atoms with E-state index in [1.54, 1.807) is 6.20 Å². The van der Waals surface area contributed by atoms with Crippen molar-refractivity contribution >= 4 is 22.8 Å². The molecule has 43 heavy (non-hydrogen) atoms. The van der Waals surface area contributed by atoms with Crippen LogP contribution in [-0.4, -0.2) is 9.55 Å². The smallest absolute Gasteiger partial charge is 0.313 e. The number of aromatic nitrogens is 3. The van der Waals surface area contributed by atoms with Crippen LogP contribution in [0.5, 0.6) is 0 Å². The molecule has 0 fully saturated rings. The van der Waals surface area contributed by atoms with Crippen molar-refractivity contribution in [3.63, 3.8) is 0 Å². The van der Waals surface area contributed by atoms with Gasteiger partial charge in [-0.1, -0.05) is 93.0 Å². The van der Waals surface area contributed by atoms with Crippen LogP contribution >= 0.6 is 11.8 Å². The fraction of sp³-hybridized carbons (Fsp3) is 0.211. The molecule has 214 valence electrons. The SMILES string of the molecule is CC1(C)CCC(C)(C)c2cc3c([c-]c21)-[n+]1[c-]n(-c2ccccc2)c2cccc(c21)S3.[Ir+3].[c-]1ccccc1-c1ccccn1. The molecule has 0 spiro atoms. The van der Waals surface area contributed by atoms with Crippen molar-refractivity contribution in [3.8, 4) is 22.6 Å². The number of nitrogens with zero attached hydrogens (tertiary/aromatic N) is 3. The first-order valence-electron chi connectivity index (χ1n) is 14.5. The van der Waals surface area contributed by atoms with Crippen molar-refractivity contribution in [2.24, 2.45) is 0 Å². The summed E-state index contributed by atoms with van der Waals surface area (Å²) in [5.41, 5.74) is 9.86. The Labute approximate surface area is 272 Å². The molecule has 2 aliphatic rings. The maximum absolute atomic E-state index is 4.22. The van der Waals surface area contributed by atoms with Crippen LogP contribution < -0.4 is 4.57 Å². The summed E-state index contributed by atoms with van der Waals surface area (Å²) in [6.07, 6.45) is 7.85. The standard InChI is InChI=1S/C27H25N2S.C11H8N.Ir/c1-26(2)13-14-27(3,4)20-16-24-22(15-19(20)26)29-17-28(18-9-6-5-7-10-18)21-11-8-12-23(30-24)25(21)29;1-2-6-10(7-3-1)11-8-4-5-9-12-11;/h5-12,16H,13-14H2,1-4H3;1-6,8-9H;/q2*-1;+3. The van der Waals surface area contributed by atoms with E-state index in [9.17, 15) is 0 Å². The number of hydrogen-bond donors (Lipinski definition) is 0. The Bertz CT molecular complexity index is 1860. The van der Waals surface area contributed by atoms with Crippen LogP contribution in [0.1, 0.15) is 51.7 Å². The van der Waals surface area contributed by atoms with E-state index in [1.807, 2.05) is 54.2 Å². The van der Waals surface area contributed by atoms with Crippen LogP contribution in [0.4, 0.5) is 0 Å². The second kappa shape index (κ2) is 11.5. The predicted molar refractivity (Wildman–Crippen MR) is 170 cm³/mol. The van der Waals surface area contributed by atoms with Gasteiger partial charge in [0.1, 0.15) is 0 Å². The van der Waals surface area contributed by atoms with Crippen LogP contribution in [0, 0.1) is 18.5 Å². The van der Waals surface area contributed by atoms with Gasteiger partial charge in [0.2, 0.25) is 0 Å². The number of fused-ring (bicyclic) bond motifs is 3. The molecule has 1 aliphatic heterocycles. The third-order valence-electron chi connectivity index (χ3n) is 8.55. The minimum Gasteiger partial charge on any atom is -0.313 e. The Morgan fingerprint density at radius 1 is 0.814 bits per heavy atom. The summed E-state index contributed by atoms with van der Waals surface area (Å²) < 4.78 is 4.42. The summed E-state index contributed by atoms with van der Waals surface area (Å²) in [6.45, 7) is 9.50. The Hall–Kier alpha value is -3.50. The second-order valence-corrected chi connectivity index (χ2v) is 13.4. The normalized spacial score (nSPS) is 15.3. The van der Waals surface area contributed by atoms with Gasteiger partial charge in [-0.05, 0) is 41.4 Å². The van der Waals surface area contributed by atoms with Gasteiger partial charge in [0.25, 0.3) is 6.33 Å². The molecule has 6 aromatic rings. The van der Waals surface area contributed by atoms with Crippen molar-refractivity contribution in [1.29, 1.82) is 0 Å². The molecule has 0 amide bonds. The predicted octanol–water partition coefficient (Wildman–Crippen LogP) is 8.87. The molecule has 0 N–H and O–H groups in total. The van der Waals surface area contributed by atoms with Crippen molar-refractivity contribution < 1.29 is 24.7 Å². The van der Waals surface area contributed by atoms with Gasteiger partial charge in [-0.15, -0.1) is 41.5 Å². The second-order valence-electron chi connectivity index (χ2n) is 12.4. The summed E-state index contributed by atoms with van der Waals surface area (Å²) in [7, 11) is 0. The van der Waals surface area contributed by atoms with E-state index in [0.717, 1.165) is 22.6 Å². The van der Waals surface area contributed by atoms with Crippen LogP contribution in [-0.2, 0) is 30.9 Å². The van der Waals surface area contributed by atoms with Crippen molar-refractivity contribution in [2.75, 3.05) is 0 Å². The molecule has 0 unspecified atom stereocenters. The van der Waals surface area contributed by atoms with E-state index >= 15 is 0 Å². The number of benzene rings is 4. The van der Waals surface area contributed by atoms with Crippen molar-refractivity contribution in [3.05, 3.63) is 133 Å². The molecule has 1 aliphatic carbocycles. The molecule has 0 saturated heterocycles. The summed E-state index contributed by atoms with van der Waals surface area (Å²) in [4.78, 5) is 6.79. The molecule has 0 radical (unpaired) electrons. The van der Waals surface area contributed by atoms with Gasteiger partial charge in [0, 0.05) is 11.1 Å². The largest absolute Gasteiger partial charge is 3.00 e. The fourth-order valence-corrected chi connectivity index (χ4v) is 7.14. The molecular formula is C38H33IrN3S+. The first-order chi connectivity index (χ1) is 20.3. The topological polar surface area (TPSA) is 21.7 Å². The molecule has 2 aromatic heterocycles. The van der Waals surface area contributed by atoms with Crippen LogP contribution in [0.3, 0.4) is 0 Å². The van der Waals surface area contributed by atoms with E-state index in [2.05, 4.69) is 115 Å². The number of imidazole rings is 1. The maximum atomic E-state index is 4.22. The summed E-state index contributed by atoms with van der Waals surface area (Å²) >= 11 is 1.87. The Morgan fingerprint density at radius 2 is 1.58 bits per heavy atom. The van der Waals surface area contributed by atoms with Crippen molar-refractivity contribution in [2.45, 2.75) is 61.2 Å². The molecule has 0 saturated carbocycles. The number of rotatable bonds is 2. The van der Waals surface area contributed by atoms with Gasteiger partial charge in [-0.3, -0.25) is 4.57 Å². The Morgan fingerprint density at radius 3 is 2.33 bits per heavy atom. The zero-order valence-electron chi connectivity index (χ0n) is 24.8. The molecule has 8 rings (SSSR count). The van der Waals surface area contributed by atoms with Gasteiger partial charge < -0.3 is 9.55 Å². The quantitative estimate of drug-likeness (QED) is 0.130. The van der Waals surface area contributed by atoms with Crippen LogP contribution in [0.2, 0.25) is 0 Å². The molecule has 5 heteroatoms. The molecule has 4 aromatic carbocycles. The van der Waals surface area contributed by atoms with Gasteiger partial charge in [-0.2, -0.15) is 29.5 Å². The maximum Gasteiger partial charge on any atom is 3.00 e. The molecule has 0 atom stereocenters. The Balaban J connectivity index is 0.000000213. The molecule has 3 nitrogen and oxygen atoms in total. The average Bonchev–Trinajstić information content (AvgIpc) is 3.42. The minimum atomic E-state index is 0. The Kier molecular flexibility index (Phi) is 7.93. The van der Waals surface area contributed by atoms with E-state index < -0.39 is 0 Å². The average molecular weight is 756 g/mol. The molecule has 3 heterocycles. The number of hydrogen-bond acceptors (Lipinski definition) is 2. The number of pyridine rings is 1. The summed E-state index contributed by atoms with van der Waals surface area (Å²) in [5.74, 6) is 0. The van der Waals surface area contributed by atoms with Gasteiger partial charge >= 0.3 is 20.1 Å². The van der Waals surface area contributed by atoms with Gasteiger partial charge in [0.05, 0.1) is 16.7 Å². The zero-order valence-corrected chi connectivity index (χ0v) is 28.0. The third-order valence-corrected chi connectivity index (χ3v) is 9.63. The van der Waals surface area contributed by atoms with Crippen LogP contribution in [0.25, 0.3) is 33.7 Å². The third kappa shape index (κ3) is 5.40. The molecular weight excluding hydrogens is 723 g/mol. The van der Waals surface area contributed by atoms with E-state index in [4.69, 9.17) is 0 Å².